The van der Waals surface area contributed by atoms with Crippen molar-refractivity contribution >= 4 is 29.6 Å². The van der Waals surface area contributed by atoms with Crippen LogP contribution in [-0.2, 0) is 14.4 Å². The van der Waals surface area contributed by atoms with Gasteiger partial charge in [-0.25, -0.2) is 9.82 Å². The number of unbranched alkanes of at least 4 members (excludes halogenated alkanes) is 1. The molecule has 0 aliphatic rings. The van der Waals surface area contributed by atoms with Gasteiger partial charge in [-0.1, -0.05) is 13.3 Å². The van der Waals surface area contributed by atoms with E-state index in [9.17, 15) is 18.8 Å². The van der Waals surface area contributed by atoms with E-state index in [1.165, 1.54) is 30.5 Å². The van der Waals surface area contributed by atoms with Gasteiger partial charge in [0.25, 0.3) is 5.91 Å². The van der Waals surface area contributed by atoms with E-state index < -0.39 is 11.8 Å². The third kappa shape index (κ3) is 8.09. The molecule has 8 nitrogen and oxygen atoms in total. The predicted octanol–water partition coefficient (Wildman–Crippen LogP) is 2.21. The summed E-state index contributed by atoms with van der Waals surface area (Å²) < 4.78 is 18.2. The molecule has 2 aromatic rings. The maximum Gasteiger partial charge on any atom is 0.329 e. The molecule has 0 saturated heterocycles. The maximum atomic E-state index is 12.9. The first-order valence-electron chi connectivity index (χ1n) is 9.37. The fraction of sp³-hybridized carbons (Fsp3) is 0.238. The SMILES string of the molecule is CCCCNC(=O)C(=O)N/N=C/c1ccc(OCC(=O)Nc2ccc(F)cc2)cc1. The number of nitrogens with zero attached hydrogens (tertiary/aromatic N) is 1. The molecular weight excluding hydrogens is 391 g/mol. The Morgan fingerprint density at radius 2 is 1.73 bits per heavy atom. The third-order valence-corrected chi connectivity index (χ3v) is 3.78. The fourth-order valence-electron chi connectivity index (χ4n) is 2.20. The van der Waals surface area contributed by atoms with Crippen molar-refractivity contribution in [3.63, 3.8) is 0 Å². The highest BCUT2D eigenvalue weighted by molar-refractivity contribution is 6.35. The fourth-order valence-corrected chi connectivity index (χ4v) is 2.20. The Morgan fingerprint density at radius 3 is 2.40 bits per heavy atom. The Kier molecular flexibility index (Phi) is 8.98. The molecule has 0 fully saturated rings. The number of anilines is 1. The molecule has 3 amide bonds. The van der Waals surface area contributed by atoms with E-state index in [0.717, 1.165) is 12.8 Å². The Morgan fingerprint density at radius 1 is 1.03 bits per heavy atom. The molecule has 0 heterocycles. The zero-order valence-corrected chi connectivity index (χ0v) is 16.5. The Bertz CT molecular complexity index is 883. The first-order valence-corrected chi connectivity index (χ1v) is 9.37. The summed E-state index contributed by atoms with van der Waals surface area (Å²) in [5.74, 6) is -1.88. The van der Waals surface area contributed by atoms with E-state index in [0.29, 0.717) is 23.5 Å². The van der Waals surface area contributed by atoms with Gasteiger partial charge in [0.05, 0.1) is 6.21 Å². The monoisotopic (exact) mass is 414 g/mol. The number of nitrogens with one attached hydrogen (secondary N) is 3. The average Bonchev–Trinajstić information content (AvgIpc) is 2.75. The van der Waals surface area contributed by atoms with Gasteiger partial charge in [-0.3, -0.25) is 14.4 Å². The smallest absolute Gasteiger partial charge is 0.329 e. The molecule has 2 rings (SSSR count). The van der Waals surface area contributed by atoms with Crippen molar-refractivity contribution in [3.8, 4) is 5.75 Å². The lowest BCUT2D eigenvalue weighted by atomic mass is 10.2. The second-order valence-electron chi connectivity index (χ2n) is 6.22. The molecule has 0 spiro atoms. The van der Waals surface area contributed by atoms with Gasteiger partial charge in [0.15, 0.2) is 6.61 Å². The molecule has 0 radical (unpaired) electrons. The van der Waals surface area contributed by atoms with Crippen LogP contribution in [0.3, 0.4) is 0 Å². The molecule has 30 heavy (non-hydrogen) atoms. The first kappa shape index (κ1) is 22.5. The van der Waals surface area contributed by atoms with Crippen molar-refractivity contribution in [2.45, 2.75) is 19.8 Å². The summed E-state index contributed by atoms with van der Waals surface area (Å²) in [7, 11) is 0. The van der Waals surface area contributed by atoms with E-state index in [4.69, 9.17) is 4.74 Å². The summed E-state index contributed by atoms with van der Waals surface area (Å²) in [5.41, 5.74) is 3.28. The van der Waals surface area contributed by atoms with Crippen LogP contribution in [-0.4, -0.2) is 37.1 Å². The number of amides is 3. The molecule has 0 saturated carbocycles. The van der Waals surface area contributed by atoms with Crippen LogP contribution in [0.15, 0.2) is 53.6 Å². The number of rotatable bonds is 9. The van der Waals surface area contributed by atoms with Crippen LogP contribution < -0.4 is 20.8 Å². The summed E-state index contributed by atoms with van der Waals surface area (Å²) in [5, 5.41) is 8.81. The molecule has 0 aliphatic heterocycles. The van der Waals surface area contributed by atoms with Crippen LogP contribution >= 0.6 is 0 Å². The average molecular weight is 414 g/mol. The molecule has 158 valence electrons. The van der Waals surface area contributed by atoms with Crippen LogP contribution in [0.25, 0.3) is 0 Å². The number of carbonyl (C=O) groups excluding carboxylic acids is 3. The second-order valence-corrected chi connectivity index (χ2v) is 6.22. The van der Waals surface area contributed by atoms with Crippen LogP contribution in [0, 0.1) is 5.82 Å². The lowest BCUT2D eigenvalue weighted by molar-refractivity contribution is -0.139. The summed E-state index contributed by atoms with van der Waals surface area (Å²) in [4.78, 5) is 34.9. The van der Waals surface area contributed by atoms with Gasteiger partial charge in [-0.15, -0.1) is 0 Å². The maximum absolute atomic E-state index is 12.9. The van der Waals surface area contributed by atoms with Gasteiger partial charge in [0.2, 0.25) is 0 Å². The zero-order valence-electron chi connectivity index (χ0n) is 16.5. The number of halogens is 1. The highest BCUT2D eigenvalue weighted by atomic mass is 19.1. The molecule has 3 N–H and O–H groups in total. The number of ether oxygens (including phenoxy) is 1. The minimum atomic E-state index is -0.838. The molecule has 0 bridgehead atoms. The van der Waals surface area contributed by atoms with Crippen LogP contribution in [0.1, 0.15) is 25.3 Å². The molecular formula is C21H23FN4O4. The Labute approximate surface area is 173 Å². The van der Waals surface area contributed by atoms with Gasteiger partial charge in [-0.2, -0.15) is 5.10 Å². The number of benzene rings is 2. The van der Waals surface area contributed by atoms with E-state index in [1.807, 2.05) is 6.92 Å². The van der Waals surface area contributed by atoms with Crippen molar-refractivity contribution in [1.82, 2.24) is 10.7 Å². The van der Waals surface area contributed by atoms with E-state index in [1.54, 1.807) is 24.3 Å². The van der Waals surface area contributed by atoms with E-state index in [2.05, 4.69) is 21.2 Å². The topological polar surface area (TPSA) is 109 Å². The highest BCUT2D eigenvalue weighted by Crippen LogP contribution is 2.12. The van der Waals surface area contributed by atoms with Gasteiger partial charge in [-0.05, 0) is 60.5 Å². The minimum absolute atomic E-state index is 0.214. The van der Waals surface area contributed by atoms with Crippen molar-refractivity contribution in [2.75, 3.05) is 18.5 Å². The lowest BCUT2D eigenvalue weighted by Crippen LogP contribution is -2.38. The number of hydrazone groups is 1. The van der Waals surface area contributed by atoms with Gasteiger partial charge < -0.3 is 15.4 Å². The Balaban J connectivity index is 1.74. The summed E-state index contributed by atoms with van der Waals surface area (Å²) >= 11 is 0. The zero-order chi connectivity index (χ0) is 21.8. The molecule has 9 heteroatoms. The lowest BCUT2D eigenvalue weighted by Gasteiger charge is -2.07. The second kappa shape index (κ2) is 11.9. The van der Waals surface area contributed by atoms with Crippen molar-refractivity contribution in [2.24, 2.45) is 5.10 Å². The van der Waals surface area contributed by atoms with Crippen LogP contribution in [0.4, 0.5) is 10.1 Å². The summed E-state index contributed by atoms with van der Waals surface area (Å²) in [6.07, 6.45) is 3.09. The number of hydrogen-bond donors (Lipinski definition) is 3. The van der Waals surface area contributed by atoms with Gasteiger partial charge in [0, 0.05) is 12.2 Å². The summed E-state index contributed by atoms with van der Waals surface area (Å²) in [6.45, 7) is 2.21. The first-order chi connectivity index (χ1) is 14.5. The number of carbonyl (C=O) groups is 3. The molecule has 0 aliphatic carbocycles. The predicted molar refractivity (Wildman–Crippen MR) is 111 cm³/mol. The third-order valence-electron chi connectivity index (χ3n) is 3.78. The standard InChI is InChI=1S/C21H23FN4O4/c1-2-3-12-23-20(28)21(29)26-24-13-15-4-10-18(11-5-15)30-14-19(27)25-17-8-6-16(22)7-9-17/h4-11,13H,2-3,12,14H2,1H3,(H,23,28)(H,25,27)(H,26,29)/b24-13+. The summed E-state index contributed by atoms with van der Waals surface area (Å²) in [6, 6.07) is 12.0. The van der Waals surface area contributed by atoms with Crippen molar-refractivity contribution in [1.29, 1.82) is 0 Å². The Hall–Kier alpha value is -3.75. The molecule has 0 atom stereocenters. The van der Waals surface area contributed by atoms with Crippen LogP contribution in [0.2, 0.25) is 0 Å². The number of hydrogen-bond acceptors (Lipinski definition) is 5. The van der Waals surface area contributed by atoms with Crippen molar-refractivity contribution in [3.05, 3.63) is 59.9 Å². The van der Waals surface area contributed by atoms with E-state index >= 15 is 0 Å². The molecule has 0 unspecified atom stereocenters. The normalized spacial score (nSPS) is 10.5. The quantitative estimate of drug-likeness (QED) is 0.253. The van der Waals surface area contributed by atoms with Gasteiger partial charge >= 0.3 is 11.8 Å². The molecule has 0 aromatic heterocycles. The largest absolute Gasteiger partial charge is 0.484 e. The van der Waals surface area contributed by atoms with Crippen LogP contribution in [0.5, 0.6) is 5.75 Å². The minimum Gasteiger partial charge on any atom is -0.484 e. The highest BCUT2D eigenvalue weighted by Gasteiger charge is 2.11. The molecule has 2 aromatic carbocycles. The van der Waals surface area contributed by atoms with Gasteiger partial charge in [0.1, 0.15) is 11.6 Å². The van der Waals surface area contributed by atoms with E-state index in [-0.39, 0.29) is 18.3 Å². The van der Waals surface area contributed by atoms with Crippen molar-refractivity contribution < 1.29 is 23.5 Å².